The molecule has 1 aliphatic heterocycles. The summed E-state index contributed by atoms with van der Waals surface area (Å²) in [6.45, 7) is 0. The molecule has 1 N–H and O–H groups in total. The summed E-state index contributed by atoms with van der Waals surface area (Å²) in [6.07, 6.45) is 1.24. The van der Waals surface area contributed by atoms with Crippen LogP contribution in [-0.4, -0.2) is 34.8 Å². The number of ether oxygens (including phenoxy) is 2. The molecule has 0 spiro atoms. The number of anilines is 1. The lowest BCUT2D eigenvalue weighted by molar-refractivity contribution is -0.394. The van der Waals surface area contributed by atoms with E-state index in [9.17, 15) is 34.6 Å². The van der Waals surface area contributed by atoms with Crippen LogP contribution in [0.15, 0.2) is 69.1 Å². The topological polar surface area (TPSA) is 171 Å². The number of rotatable bonds is 7. The van der Waals surface area contributed by atoms with Crippen LogP contribution >= 0.6 is 31.9 Å². The van der Waals surface area contributed by atoms with Crippen molar-refractivity contribution < 1.29 is 33.7 Å². The number of imide groups is 2. The maximum absolute atomic E-state index is 13.1. The Kier molecular flexibility index (Phi) is 7.73. The van der Waals surface area contributed by atoms with Gasteiger partial charge in [-0.25, -0.2) is 9.69 Å². The van der Waals surface area contributed by atoms with E-state index in [4.69, 9.17) is 9.47 Å². The molecular weight excluding hydrogens is 648 g/mol. The number of nitrogens with zero attached hydrogens (tertiary/aromatic N) is 3. The fourth-order valence-corrected chi connectivity index (χ4v) is 4.33. The highest BCUT2D eigenvalue weighted by Crippen LogP contribution is 2.43. The number of hydrogen-bond acceptors (Lipinski definition) is 9. The number of methoxy groups -OCH3 is 1. The predicted octanol–water partition coefficient (Wildman–Crippen LogP) is 5.50. The Bertz CT molecular complexity index is 1590. The minimum Gasteiger partial charge on any atom is -0.493 e. The van der Waals surface area contributed by atoms with Crippen LogP contribution in [0.2, 0.25) is 0 Å². The first-order valence-corrected chi connectivity index (χ1v) is 12.2. The molecule has 3 aromatic carbocycles. The Labute approximate surface area is 235 Å². The summed E-state index contributed by atoms with van der Waals surface area (Å²) in [4.78, 5) is 59.8. The summed E-state index contributed by atoms with van der Waals surface area (Å²) in [7, 11) is 1.29. The Hall–Kier alpha value is -4.63. The third-order valence-electron chi connectivity index (χ3n) is 5.31. The largest absolute Gasteiger partial charge is 0.493 e. The normalized spacial score (nSPS) is 14.3. The molecule has 0 saturated carbocycles. The molecule has 0 radical (unpaired) electrons. The fraction of sp³-hybridized carbons (Fsp3) is 0.0417. The lowest BCUT2D eigenvalue weighted by Gasteiger charge is -2.26. The van der Waals surface area contributed by atoms with Gasteiger partial charge < -0.3 is 9.47 Å². The molecule has 0 atom stereocenters. The number of nitrogens with one attached hydrogen (secondary N) is 1. The number of benzene rings is 3. The van der Waals surface area contributed by atoms with E-state index >= 15 is 0 Å². The van der Waals surface area contributed by atoms with Crippen LogP contribution in [0.3, 0.4) is 0 Å². The van der Waals surface area contributed by atoms with E-state index in [1.807, 2.05) is 0 Å². The van der Waals surface area contributed by atoms with Gasteiger partial charge in [-0.05, 0) is 70.0 Å². The minimum absolute atomic E-state index is 0.0114. The molecule has 13 nitrogen and oxygen atoms in total. The van der Waals surface area contributed by atoms with Crippen molar-refractivity contribution in [3.8, 4) is 17.2 Å². The smallest absolute Gasteiger partial charge is 0.335 e. The molecule has 1 saturated heterocycles. The maximum Gasteiger partial charge on any atom is 0.335 e. The fourth-order valence-electron chi connectivity index (χ4n) is 3.53. The third kappa shape index (κ3) is 5.63. The number of barbiturate groups is 1. The van der Waals surface area contributed by atoms with Gasteiger partial charge in [0, 0.05) is 10.5 Å². The third-order valence-corrected chi connectivity index (χ3v) is 6.43. The van der Waals surface area contributed by atoms with E-state index in [1.54, 1.807) is 12.1 Å². The second-order valence-corrected chi connectivity index (χ2v) is 9.51. The highest BCUT2D eigenvalue weighted by Gasteiger charge is 2.37. The summed E-state index contributed by atoms with van der Waals surface area (Å²) >= 11 is 6.56. The number of carbonyl (C=O) groups excluding carboxylic acids is 3. The average Bonchev–Trinajstić information content (AvgIpc) is 2.88. The van der Waals surface area contributed by atoms with Gasteiger partial charge in [-0.3, -0.25) is 35.1 Å². The minimum atomic E-state index is -0.907. The maximum atomic E-state index is 13.1. The number of carbonyl (C=O) groups is 3. The van der Waals surface area contributed by atoms with Crippen LogP contribution in [0, 0.1) is 20.2 Å². The van der Waals surface area contributed by atoms with Gasteiger partial charge >= 0.3 is 11.7 Å². The quantitative estimate of drug-likeness (QED) is 0.149. The highest BCUT2D eigenvalue weighted by atomic mass is 79.9. The first-order chi connectivity index (χ1) is 18.5. The zero-order valence-corrected chi connectivity index (χ0v) is 22.7. The second-order valence-electron chi connectivity index (χ2n) is 7.74. The zero-order chi connectivity index (χ0) is 28.4. The molecule has 0 aromatic heterocycles. The van der Waals surface area contributed by atoms with Crippen molar-refractivity contribution in [1.29, 1.82) is 0 Å². The summed E-state index contributed by atoms with van der Waals surface area (Å²) in [5.74, 6) is -2.02. The lowest BCUT2D eigenvalue weighted by Crippen LogP contribution is -2.54. The SMILES string of the molecule is COc1cc(/C=C2\C(=O)NC(=O)N(c3ccc(Br)cc3)C2=O)cc(Br)c1Oc1ccc([N+](=O)[O-])cc1[N+](=O)[O-]. The van der Waals surface area contributed by atoms with E-state index in [-0.39, 0.29) is 38.5 Å². The number of nitro groups is 2. The van der Waals surface area contributed by atoms with Crippen LogP contribution in [0.4, 0.5) is 21.9 Å². The molecule has 15 heteroatoms. The van der Waals surface area contributed by atoms with E-state index < -0.39 is 39.1 Å². The van der Waals surface area contributed by atoms with Crippen molar-refractivity contribution in [2.24, 2.45) is 0 Å². The van der Waals surface area contributed by atoms with Crippen LogP contribution < -0.4 is 19.7 Å². The van der Waals surface area contributed by atoms with E-state index in [0.717, 1.165) is 27.6 Å². The molecule has 0 unspecified atom stereocenters. The molecule has 1 heterocycles. The Morgan fingerprint density at radius 1 is 0.923 bits per heavy atom. The molecule has 0 aliphatic carbocycles. The number of urea groups is 1. The van der Waals surface area contributed by atoms with Gasteiger partial charge in [-0.1, -0.05) is 15.9 Å². The molecule has 3 aromatic rings. The number of amides is 4. The summed E-state index contributed by atoms with van der Waals surface area (Å²) in [5, 5.41) is 24.6. The first-order valence-electron chi connectivity index (χ1n) is 10.7. The second kappa shape index (κ2) is 11.0. The monoisotopic (exact) mass is 660 g/mol. The van der Waals surface area contributed by atoms with Gasteiger partial charge in [-0.2, -0.15) is 0 Å². The summed E-state index contributed by atoms with van der Waals surface area (Å²) in [5.41, 5.74) is -0.954. The highest BCUT2D eigenvalue weighted by molar-refractivity contribution is 9.10. The van der Waals surface area contributed by atoms with Gasteiger partial charge in [0.15, 0.2) is 11.5 Å². The van der Waals surface area contributed by atoms with Crippen molar-refractivity contribution in [2.75, 3.05) is 12.0 Å². The summed E-state index contributed by atoms with van der Waals surface area (Å²) < 4.78 is 12.0. The van der Waals surface area contributed by atoms with E-state index in [0.29, 0.717) is 0 Å². The van der Waals surface area contributed by atoms with Crippen LogP contribution in [0.5, 0.6) is 17.2 Å². The van der Waals surface area contributed by atoms with Crippen LogP contribution in [0.1, 0.15) is 5.56 Å². The molecule has 1 fully saturated rings. The van der Waals surface area contributed by atoms with Gasteiger partial charge in [0.1, 0.15) is 5.57 Å². The molecule has 4 rings (SSSR count). The van der Waals surface area contributed by atoms with Crippen molar-refractivity contribution in [2.45, 2.75) is 0 Å². The lowest BCUT2D eigenvalue weighted by atomic mass is 10.1. The molecule has 4 amide bonds. The van der Waals surface area contributed by atoms with Crippen LogP contribution in [0.25, 0.3) is 6.08 Å². The zero-order valence-electron chi connectivity index (χ0n) is 19.5. The van der Waals surface area contributed by atoms with Crippen LogP contribution in [-0.2, 0) is 9.59 Å². The molecule has 39 heavy (non-hydrogen) atoms. The van der Waals surface area contributed by atoms with Gasteiger partial charge in [-0.15, -0.1) is 0 Å². The Morgan fingerprint density at radius 2 is 1.62 bits per heavy atom. The Morgan fingerprint density at radius 3 is 2.23 bits per heavy atom. The van der Waals surface area contributed by atoms with E-state index in [2.05, 4.69) is 37.2 Å². The van der Waals surface area contributed by atoms with Gasteiger partial charge in [0.25, 0.3) is 17.5 Å². The first kappa shape index (κ1) is 27.4. The standard InChI is InChI=1S/C24H14Br2N4O9/c1-38-20-10-12(8-16-22(31)27-24(33)28(23(16)32)14-4-2-13(25)3-5-14)9-17(26)21(20)39-19-7-6-15(29(34)35)11-18(19)30(36)37/h2-11H,1H3,(H,27,31,33)/b16-8+. The molecule has 198 valence electrons. The van der Waals surface area contributed by atoms with Crippen molar-refractivity contribution in [1.82, 2.24) is 5.32 Å². The average molecular weight is 662 g/mol. The van der Waals surface area contributed by atoms with Crippen molar-refractivity contribution >= 4 is 72.8 Å². The number of non-ortho nitro benzene ring substituents is 1. The summed E-state index contributed by atoms with van der Waals surface area (Å²) in [6, 6.07) is 11.1. The molecular formula is C24H14Br2N4O9. The van der Waals surface area contributed by atoms with Gasteiger partial charge in [0.2, 0.25) is 5.75 Å². The van der Waals surface area contributed by atoms with Gasteiger partial charge in [0.05, 0.1) is 33.2 Å². The van der Waals surface area contributed by atoms with E-state index in [1.165, 1.54) is 37.5 Å². The Balaban J connectivity index is 1.71. The van der Waals surface area contributed by atoms with Crippen molar-refractivity contribution in [3.63, 3.8) is 0 Å². The number of hydrogen-bond donors (Lipinski definition) is 1. The van der Waals surface area contributed by atoms with Crippen molar-refractivity contribution in [3.05, 3.63) is 94.9 Å². The molecule has 0 bridgehead atoms. The number of nitro benzene ring substituents is 2. The predicted molar refractivity (Wildman–Crippen MR) is 144 cm³/mol. The molecule has 1 aliphatic rings. The number of halogens is 2.